The summed E-state index contributed by atoms with van der Waals surface area (Å²) < 4.78 is 14.1. The number of aromatic nitrogens is 1. The molecular formula is C17H16FIN2. The summed E-state index contributed by atoms with van der Waals surface area (Å²) in [4.78, 5) is 4.50. The summed E-state index contributed by atoms with van der Waals surface area (Å²) in [6.45, 7) is 7.94. The molecule has 0 atom stereocenters. The Labute approximate surface area is 138 Å². The zero-order valence-corrected chi connectivity index (χ0v) is 14.6. The lowest BCUT2D eigenvalue weighted by Gasteiger charge is -2.22. The minimum absolute atomic E-state index is 0.155. The first kappa shape index (κ1) is 15.9. The second-order valence-electron chi connectivity index (χ2n) is 6.05. The van der Waals surface area contributed by atoms with Crippen LogP contribution in [0.5, 0.6) is 0 Å². The predicted molar refractivity (Wildman–Crippen MR) is 90.5 cm³/mol. The van der Waals surface area contributed by atoms with Crippen molar-refractivity contribution in [2.45, 2.75) is 33.1 Å². The van der Waals surface area contributed by atoms with Crippen LogP contribution < -0.4 is 0 Å². The molecule has 21 heavy (non-hydrogen) atoms. The van der Waals surface area contributed by atoms with Crippen molar-refractivity contribution in [3.05, 3.63) is 50.5 Å². The van der Waals surface area contributed by atoms with Crippen molar-refractivity contribution in [1.29, 1.82) is 5.26 Å². The fourth-order valence-electron chi connectivity index (χ4n) is 2.16. The normalized spacial score (nSPS) is 11.3. The van der Waals surface area contributed by atoms with Crippen molar-refractivity contribution in [2.24, 2.45) is 0 Å². The zero-order valence-electron chi connectivity index (χ0n) is 12.5. The second kappa shape index (κ2) is 5.72. The molecule has 0 saturated heterocycles. The molecule has 108 valence electrons. The maximum atomic E-state index is 13.4. The molecule has 0 amide bonds. The van der Waals surface area contributed by atoms with Crippen molar-refractivity contribution >= 4 is 22.6 Å². The fraction of sp³-hybridized carbons (Fsp3) is 0.294. The lowest BCUT2D eigenvalue weighted by atomic mass is 9.84. The largest absolute Gasteiger partial charge is 0.240 e. The second-order valence-corrected chi connectivity index (χ2v) is 7.07. The average Bonchev–Trinajstić information content (AvgIpc) is 2.40. The highest BCUT2D eigenvalue weighted by atomic mass is 127. The summed E-state index contributed by atoms with van der Waals surface area (Å²) in [5.41, 5.74) is 3.64. The van der Waals surface area contributed by atoms with Crippen molar-refractivity contribution in [1.82, 2.24) is 4.98 Å². The Hall–Kier alpha value is -1.48. The Balaban J connectivity index is 2.69. The molecule has 0 saturated carbocycles. The topological polar surface area (TPSA) is 36.7 Å². The van der Waals surface area contributed by atoms with Crippen LogP contribution in [-0.4, -0.2) is 4.98 Å². The van der Waals surface area contributed by atoms with Gasteiger partial charge in [0.1, 0.15) is 15.6 Å². The minimum Gasteiger partial charge on any atom is -0.240 e. The molecule has 0 aliphatic carbocycles. The molecule has 0 unspecified atom stereocenters. The number of pyridine rings is 1. The van der Waals surface area contributed by atoms with Crippen LogP contribution in [0, 0.1) is 27.8 Å². The van der Waals surface area contributed by atoms with E-state index in [0.29, 0.717) is 14.8 Å². The first-order valence-electron chi connectivity index (χ1n) is 6.61. The average molecular weight is 394 g/mol. The van der Waals surface area contributed by atoms with Crippen LogP contribution >= 0.6 is 22.6 Å². The van der Waals surface area contributed by atoms with Gasteiger partial charge < -0.3 is 0 Å². The van der Waals surface area contributed by atoms with Gasteiger partial charge in [-0.1, -0.05) is 20.8 Å². The molecule has 4 heteroatoms. The number of aryl methyl sites for hydroxylation is 1. The van der Waals surface area contributed by atoms with Gasteiger partial charge in [0.15, 0.2) is 0 Å². The molecule has 1 aromatic carbocycles. The standard InChI is InChI=1S/C17H16FIN2/c1-10-7-11(5-6-14(10)18)15-8-13(17(2,3)4)12(9-20)16(19)21-15/h5-8H,1-4H3. The number of benzene rings is 1. The summed E-state index contributed by atoms with van der Waals surface area (Å²) in [7, 11) is 0. The molecule has 2 rings (SSSR count). The molecule has 0 bridgehead atoms. The molecule has 0 aliphatic heterocycles. The number of nitrogens with zero attached hydrogens (tertiary/aromatic N) is 2. The van der Waals surface area contributed by atoms with Gasteiger partial charge in [-0.25, -0.2) is 9.37 Å². The predicted octanol–water partition coefficient (Wildman–Crippen LogP) is 4.97. The Bertz CT molecular complexity index is 740. The van der Waals surface area contributed by atoms with Gasteiger partial charge in [0, 0.05) is 5.56 Å². The van der Waals surface area contributed by atoms with E-state index in [1.807, 2.05) is 6.07 Å². The van der Waals surface area contributed by atoms with Gasteiger partial charge in [0.25, 0.3) is 0 Å². The lowest BCUT2D eigenvalue weighted by Crippen LogP contribution is -2.15. The molecule has 0 aliphatic rings. The van der Waals surface area contributed by atoms with Gasteiger partial charge in [0.05, 0.1) is 11.3 Å². The summed E-state index contributed by atoms with van der Waals surface area (Å²) >= 11 is 2.09. The van der Waals surface area contributed by atoms with Crippen LogP contribution in [0.3, 0.4) is 0 Å². The zero-order chi connectivity index (χ0) is 15.8. The van der Waals surface area contributed by atoms with Crippen LogP contribution in [0.1, 0.15) is 37.5 Å². The van der Waals surface area contributed by atoms with E-state index < -0.39 is 0 Å². The Morgan fingerprint density at radius 1 is 1.24 bits per heavy atom. The SMILES string of the molecule is Cc1cc(-c2cc(C(C)(C)C)c(C#N)c(I)n2)ccc1F. The van der Waals surface area contributed by atoms with Crippen molar-refractivity contribution in [3.8, 4) is 17.3 Å². The third-order valence-corrected chi connectivity index (χ3v) is 4.13. The molecular weight excluding hydrogens is 378 g/mol. The maximum Gasteiger partial charge on any atom is 0.126 e. The first-order valence-corrected chi connectivity index (χ1v) is 7.69. The van der Waals surface area contributed by atoms with Crippen molar-refractivity contribution in [3.63, 3.8) is 0 Å². The van der Waals surface area contributed by atoms with E-state index in [4.69, 9.17) is 0 Å². The highest BCUT2D eigenvalue weighted by molar-refractivity contribution is 14.1. The maximum absolute atomic E-state index is 13.4. The van der Waals surface area contributed by atoms with Crippen LogP contribution in [0.25, 0.3) is 11.3 Å². The molecule has 1 aromatic heterocycles. The number of nitriles is 1. The number of hydrogen-bond donors (Lipinski definition) is 0. The van der Waals surface area contributed by atoms with Crippen LogP contribution in [0.4, 0.5) is 4.39 Å². The van der Waals surface area contributed by atoms with E-state index in [1.54, 1.807) is 19.1 Å². The molecule has 0 radical (unpaired) electrons. The third kappa shape index (κ3) is 3.24. The number of hydrogen-bond acceptors (Lipinski definition) is 2. The van der Waals surface area contributed by atoms with Gasteiger partial charge in [-0.15, -0.1) is 0 Å². The van der Waals surface area contributed by atoms with Crippen LogP contribution in [0.2, 0.25) is 0 Å². The lowest BCUT2D eigenvalue weighted by molar-refractivity contribution is 0.587. The van der Waals surface area contributed by atoms with Gasteiger partial charge in [-0.3, -0.25) is 0 Å². The summed E-state index contributed by atoms with van der Waals surface area (Å²) in [5, 5.41) is 9.36. The molecule has 2 nitrogen and oxygen atoms in total. The van der Waals surface area contributed by atoms with Crippen molar-refractivity contribution in [2.75, 3.05) is 0 Å². The Kier molecular flexibility index (Phi) is 4.33. The summed E-state index contributed by atoms with van der Waals surface area (Å²) in [6, 6.07) is 9.14. The van der Waals surface area contributed by atoms with Gasteiger partial charge in [-0.05, 0) is 70.3 Å². The molecule has 1 heterocycles. The van der Waals surface area contributed by atoms with E-state index in [-0.39, 0.29) is 11.2 Å². The first-order chi connectivity index (χ1) is 9.74. The van der Waals surface area contributed by atoms with E-state index in [9.17, 15) is 9.65 Å². The van der Waals surface area contributed by atoms with Gasteiger partial charge in [0.2, 0.25) is 0 Å². The third-order valence-electron chi connectivity index (χ3n) is 3.35. The van der Waals surface area contributed by atoms with E-state index in [2.05, 4.69) is 54.4 Å². The van der Waals surface area contributed by atoms with Gasteiger partial charge >= 0.3 is 0 Å². The van der Waals surface area contributed by atoms with E-state index in [1.165, 1.54) is 6.07 Å². The van der Waals surface area contributed by atoms with Crippen LogP contribution in [0.15, 0.2) is 24.3 Å². The van der Waals surface area contributed by atoms with Crippen LogP contribution in [-0.2, 0) is 5.41 Å². The number of rotatable bonds is 1. The highest BCUT2D eigenvalue weighted by Gasteiger charge is 2.22. The smallest absolute Gasteiger partial charge is 0.126 e. The molecule has 0 spiro atoms. The Morgan fingerprint density at radius 3 is 2.43 bits per heavy atom. The Morgan fingerprint density at radius 2 is 1.90 bits per heavy atom. The minimum atomic E-state index is -0.224. The highest BCUT2D eigenvalue weighted by Crippen LogP contribution is 2.32. The quantitative estimate of drug-likeness (QED) is 0.506. The monoisotopic (exact) mass is 394 g/mol. The van der Waals surface area contributed by atoms with E-state index in [0.717, 1.165) is 16.8 Å². The van der Waals surface area contributed by atoms with E-state index >= 15 is 0 Å². The van der Waals surface area contributed by atoms with Crippen molar-refractivity contribution < 1.29 is 4.39 Å². The summed E-state index contributed by atoms with van der Waals surface area (Å²) in [5.74, 6) is -0.224. The number of halogens is 2. The molecule has 0 fully saturated rings. The fourth-order valence-corrected chi connectivity index (χ4v) is 2.83. The molecule has 0 N–H and O–H groups in total. The van der Waals surface area contributed by atoms with Gasteiger partial charge in [-0.2, -0.15) is 5.26 Å². The summed E-state index contributed by atoms with van der Waals surface area (Å²) in [6.07, 6.45) is 0. The molecule has 2 aromatic rings.